The van der Waals surface area contributed by atoms with E-state index in [0.29, 0.717) is 13.1 Å². The second kappa shape index (κ2) is 8.33. The average molecular weight is 388 g/mol. The molecule has 1 N–H and O–H groups in total. The first-order valence-electron chi connectivity index (χ1n) is 9.16. The van der Waals surface area contributed by atoms with Crippen LogP contribution in [0.1, 0.15) is 5.01 Å². The molecule has 0 aliphatic carbocycles. The van der Waals surface area contributed by atoms with Gasteiger partial charge in [-0.2, -0.15) is 0 Å². The fourth-order valence-corrected chi connectivity index (χ4v) is 4.22. The van der Waals surface area contributed by atoms with Crippen LogP contribution in [-0.2, 0) is 11.3 Å². The van der Waals surface area contributed by atoms with Gasteiger partial charge in [0.2, 0.25) is 5.91 Å². The highest BCUT2D eigenvalue weighted by atomic mass is 32.1. The molecule has 4 aromatic rings. The van der Waals surface area contributed by atoms with Crippen molar-refractivity contribution in [3.8, 4) is 11.1 Å². The number of rotatable bonds is 6. The van der Waals surface area contributed by atoms with Gasteiger partial charge in [-0.3, -0.25) is 9.69 Å². The van der Waals surface area contributed by atoms with E-state index in [1.165, 1.54) is 4.70 Å². The molecule has 0 fully saturated rings. The Morgan fingerprint density at radius 1 is 0.964 bits per heavy atom. The lowest BCUT2D eigenvalue weighted by atomic mass is 10.0. The Morgan fingerprint density at radius 3 is 2.50 bits per heavy atom. The first-order chi connectivity index (χ1) is 13.7. The summed E-state index contributed by atoms with van der Waals surface area (Å²) in [4.78, 5) is 19.2. The number of anilines is 1. The molecule has 0 atom stereocenters. The van der Waals surface area contributed by atoms with Crippen molar-refractivity contribution >= 4 is 33.1 Å². The molecule has 5 heteroatoms. The Balaban J connectivity index is 1.42. The van der Waals surface area contributed by atoms with Gasteiger partial charge in [-0.05, 0) is 30.8 Å². The minimum atomic E-state index is -0.0352. The maximum absolute atomic E-state index is 12.6. The lowest BCUT2D eigenvalue weighted by Gasteiger charge is -2.16. The van der Waals surface area contributed by atoms with Crippen molar-refractivity contribution in [2.75, 3.05) is 18.9 Å². The number of aromatic nitrogens is 1. The third-order valence-electron chi connectivity index (χ3n) is 4.44. The molecule has 0 saturated carbocycles. The molecule has 0 saturated heterocycles. The second-order valence-corrected chi connectivity index (χ2v) is 7.82. The molecule has 1 aromatic heterocycles. The summed E-state index contributed by atoms with van der Waals surface area (Å²) in [5.74, 6) is -0.0352. The quantitative estimate of drug-likeness (QED) is 0.504. The number of fused-ring (bicyclic) bond motifs is 1. The van der Waals surface area contributed by atoms with E-state index in [-0.39, 0.29) is 5.91 Å². The van der Waals surface area contributed by atoms with Gasteiger partial charge < -0.3 is 5.32 Å². The van der Waals surface area contributed by atoms with Gasteiger partial charge in [-0.1, -0.05) is 60.7 Å². The normalized spacial score (nSPS) is 11.1. The van der Waals surface area contributed by atoms with Crippen LogP contribution in [0.4, 0.5) is 5.69 Å². The Labute approximate surface area is 168 Å². The summed E-state index contributed by atoms with van der Waals surface area (Å²) in [6.07, 6.45) is 0. The number of likely N-dealkylation sites (N-methyl/N-ethyl adjacent to an activating group) is 1. The van der Waals surface area contributed by atoms with Crippen LogP contribution in [0.5, 0.6) is 0 Å². The molecule has 4 rings (SSSR count). The number of para-hydroxylation sites is 2. The van der Waals surface area contributed by atoms with E-state index in [4.69, 9.17) is 0 Å². The summed E-state index contributed by atoms with van der Waals surface area (Å²) in [6.45, 7) is 0.951. The zero-order valence-corrected chi connectivity index (χ0v) is 16.4. The van der Waals surface area contributed by atoms with Crippen molar-refractivity contribution in [3.63, 3.8) is 0 Å². The summed E-state index contributed by atoms with van der Waals surface area (Å²) >= 11 is 1.67. The largest absolute Gasteiger partial charge is 0.324 e. The Hall–Kier alpha value is -3.02. The minimum absolute atomic E-state index is 0.0352. The first-order valence-corrected chi connectivity index (χ1v) is 9.98. The number of carbonyl (C=O) groups excluding carboxylic acids is 1. The molecule has 0 unspecified atom stereocenters. The van der Waals surface area contributed by atoms with E-state index in [9.17, 15) is 4.79 Å². The Kier molecular flexibility index (Phi) is 5.46. The number of thiazole rings is 1. The summed E-state index contributed by atoms with van der Waals surface area (Å²) in [7, 11) is 1.94. The van der Waals surface area contributed by atoms with E-state index < -0.39 is 0 Å². The van der Waals surface area contributed by atoms with E-state index in [1.807, 2.05) is 84.7 Å². The number of benzene rings is 3. The van der Waals surface area contributed by atoms with E-state index in [2.05, 4.69) is 16.4 Å². The lowest BCUT2D eigenvalue weighted by molar-refractivity contribution is -0.117. The number of hydrogen-bond acceptors (Lipinski definition) is 4. The topological polar surface area (TPSA) is 45.2 Å². The predicted molar refractivity (Wildman–Crippen MR) is 116 cm³/mol. The molecule has 0 aliphatic rings. The summed E-state index contributed by atoms with van der Waals surface area (Å²) < 4.78 is 1.17. The van der Waals surface area contributed by atoms with Gasteiger partial charge >= 0.3 is 0 Å². The molecule has 3 aromatic carbocycles. The fraction of sp³-hybridized carbons (Fsp3) is 0.130. The molecule has 0 radical (unpaired) electrons. The van der Waals surface area contributed by atoms with E-state index in [1.54, 1.807) is 11.3 Å². The minimum Gasteiger partial charge on any atom is -0.324 e. The zero-order chi connectivity index (χ0) is 19.3. The van der Waals surface area contributed by atoms with Gasteiger partial charge in [0.1, 0.15) is 5.01 Å². The zero-order valence-electron chi connectivity index (χ0n) is 15.6. The van der Waals surface area contributed by atoms with Crippen LogP contribution >= 0.6 is 11.3 Å². The third-order valence-corrected chi connectivity index (χ3v) is 5.46. The van der Waals surface area contributed by atoms with Crippen molar-refractivity contribution in [1.82, 2.24) is 9.88 Å². The summed E-state index contributed by atoms with van der Waals surface area (Å²) in [5, 5.41) is 4.07. The predicted octanol–water partition coefficient (Wildman–Crippen LogP) is 5.03. The molecule has 140 valence electrons. The Bertz CT molecular complexity index is 1060. The van der Waals surface area contributed by atoms with Gasteiger partial charge in [0, 0.05) is 11.3 Å². The highest BCUT2D eigenvalue weighted by molar-refractivity contribution is 7.18. The Morgan fingerprint density at radius 2 is 1.68 bits per heavy atom. The fourth-order valence-electron chi connectivity index (χ4n) is 3.17. The summed E-state index contributed by atoms with van der Waals surface area (Å²) in [5.41, 5.74) is 3.94. The van der Waals surface area contributed by atoms with Crippen molar-refractivity contribution < 1.29 is 4.79 Å². The highest BCUT2D eigenvalue weighted by Gasteiger charge is 2.12. The monoisotopic (exact) mass is 387 g/mol. The summed E-state index contributed by atoms with van der Waals surface area (Å²) in [6, 6.07) is 26.1. The molecule has 4 nitrogen and oxygen atoms in total. The van der Waals surface area contributed by atoms with Crippen LogP contribution in [0.2, 0.25) is 0 Å². The molecule has 0 aliphatic heterocycles. The van der Waals surface area contributed by atoms with Gasteiger partial charge in [-0.25, -0.2) is 4.98 Å². The van der Waals surface area contributed by atoms with Crippen LogP contribution in [0.15, 0.2) is 78.9 Å². The maximum atomic E-state index is 12.6. The number of hydrogen-bond donors (Lipinski definition) is 1. The number of nitrogens with one attached hydrogen (secondary N) is 1. The van der Waals surface area contributed by atoms with Gasteiger partial charge in [0.05, 0.1) is 23.3 Å². The van der Waals surface area contributed by atoms with Crippen LogP contribution in [-0.4, -0.2) is 29.4 Å². The smallest absolute Gasteiger partial charge is 0.238 e. The molecule has 0 spiro atoms. The highest BCUT2D eigenvalue weighted by Crippen LogP contribution is 2.27. The van der Waals surface area contributed by atoms with E-state index >= 15 is 0 Å². The molecule has 1 heterocycles. The van der Waals surface area contributed by atoms with Crippen molar-refractivity contribution in [2.24, 2.45) is 0 Å². The van der Waals surface area contributed by atoms with E-state index in [0.717, 1.165) is 27.3 Å². The van der Waals surface area contributed by atoms with Crippen molar-refractivity contribution in [2.45, 2.75) is 6.54 Å². The third kappa shape index (κ3) is 4.27. The molecular formula is C23H21N3OS. The van der Waals surface area contributed by atoms with Gasteiger partial charge in [0.15, 0.2) is 0 Å². The molecule has 1 amide bonds. The average Bonchev–Trinajstić information content (AvgIpc) is 3.11. The van der Waals surface area contributed by atoms with Crippen molar-refractivity contribution in [3.05, 3.63) is 83.9 Å². The second-order valence-electron chi connectivity index (χ2n) is 6.71. The van der Waals surface area contributed by atoms with Crippen LogP contribution in [0.3, 0.4) is 0 Å². The molecular weight excluding hydrogens is 366 g/mol. The van der Waals surface area contributed by atoms with Crippen LogP contribution < -0.4 is 5.32 Å². The SMILES string of the molecule is CN(CC(=O)Nc1ccccc1-c1ccccc1)Cc1nc2ccccc2s1. The van der Waals surface area contributed by atoms with Crippen LogP contribution in [0, 0.1) is 0 Å². The lowest BCUT2D eigenvalue weighted by Crippen LogP contribution is -2.29. The molecule has 28 heavy (non-hydrogen) atoms. The molecule has 0 bridgehead atoms. The van der Waals surface area contributed by atoms with Crippen LogP contribution in [0.25, 0.3) is 21.3 Å². The van der Waals surface area contributed by atoms with Crippen molar-refractivity contribution in [1.29, 1.82) is 0 Å². The van der Waals surface area contributed by atoms with Gasteiger partial charge in [0.25, 0.3) is 0 Å². The number of amides is 1. The number of nitrogens with zero attached hydrogens (tertiary/aromatic N) is 2. The maximum Gasteiger partial charge on any atom is 0.238 e. The standard InChI is InChI=1S/C23H21N3OS/c1-26(16-23-25-20-13-7-8-14-21(20)28-23)15-22(27)24-19-12-6-5-11-18(19)17-9-3-2-4-10-17/h2-14H,15-16H2,1H3,(H,24,27). The number of carbonyl (C=O) groups is 1. The van der Waals surface area contributed by atoms with Gasteiger partial charge in [-0.15, -0.1) is 11.3 Å². The first kappa shape index (κ1) is 18.3.